The summed E-state index contributed by atoms with van der Waals surface area (Å²) in [5.41, 5.74) is 4.34. The van der Waals surface area contributed by atoms with Crippen molar-refractivity contribution in [2.75, 3.05) is 33.3 Å². The van der Waals surface area contributed by atoms with E-state index in [2.05, 4.69) is 24.3 Å². The van der Waals surface area contributed by atoms with Crippen molar-refractivity contribution >= 4 is 23.4 Å². The van der Waals surface area contributed by atoms with Crippen molar-refractivity contribution in [1.29, 1.82) is 0 Å². The predicted molar refractivity (Wildman–Crippen MR) is 159 cm³/mol. The molecule has 0 bridgehead atoms. The lowest BCUT2D eigenvalue weighted by molar-refractivity contribution is 0.0706. The lowest BCUT2D eigenvalue weighted by Crippen LogP contribution is -2.38. The molecule has 2 saturated heterocycles. The minimum Gasteiger partial charge on any atom is -0.497 e. The molecule has 6 rings (SSSR count). The second kappa shape index (κ2) is 11.8. The number of methoxy groups -OCH3 is 1. The molecule has 1 aromatic heterocycles. The van der Waals surface area contributed by atoms with Crippen LogP contribution in [0.15, 0.2) is 85.1 Å². The second-order valence-corrected chi connectivity index (χ2v) is 11.2. The van der Waals surface area contributed by atoms with Crippen molar-refractivity contribution in [2.45, 2.75) is 31.1 Å². The average molecular weight is 569 g/mol. The third-order valence-electron chi connectivity index (χ3n) is 8.36. The minimum atomic E-state index is 0.0117. The Labute approximate surface area is 245 Å². The van der Waals surface area contributed by atoms with Gasteiger partial charge in [-0.25, -0.2) is 4.68 Å². The summed E-state index contributed by atoms with van der Waals surface area (Å²) in [4.78, 5) is 31.0. The zero-order chi connectivity index (χ0) is 28.3. The Morgan fingerprint density at radius 3 is 2.15 bits per heavy atom. The maximum Gasteiger partial charge on any atom is 0.257 e. The lowest BCUT2D eigenvalue weighted by atomic mass is 9.90. The highest BCUT2D eigenvalue weighted by Gasteiger charge is 2.34. The van der Waals surface area contributed by atoms with E-state index in [0.717, 1.165) is 42.9 Å². The number of carbonyl (C=O) groups excluding carboxylic acids is 2. The van der Waals surface area contributed by atoms with E-state index >= 15 is 0 Å². The molecule has 7 nitrogen and oxygen atoms in total. The van der Waals surface area contributed by atoms with E-state index in [1.165, 1.54) is 5.56 Å². The summed E-state index contributed by atoms with van der Waals surface area (Å²) >= 11 is 6.17. The maximum atomic E-state index is 14.0. The molecule has 1 unspecified atom stereocenters. The molecule has 210 valence electrons. The molecule has 0 spiro atoms. The van der Waals surface area contributed by atoms with Gasteiger partial charge in [0.2, 0.25) is 0 Å². The molecule has 3 aromatic carbocycles. The van der Waals surface area contributed by atoms with E-state index in [4.69, 9.17) is 21.4 Å². The number of piperidine rings is 1. The van der Waals surface area contributed by atoms with Crippen LogP contribution in [-0.4, -0.2) is 64.7 Å². The third kappa shape index (κ3) is 5.59. The quantitative estimate of drug-likeness (QED) is 0.278. The molecule has 3 heterocycles. The van der Waals surface area contributed by atoms with Crippen molar-refractivity contribution in [1.82, 2.24) is 19.6 Å². The van der Waals surface area contributed by atoms with Crippen LogP contribution in [0.2, 0.25) is 5.02 Å². The first-order valence-electron chi connectivity index (χ1n) is 14.1. The number of halogens is 1. The van der Waals surface area contributed by atoms with Crippen LogP contribution >= 0.6 is 11.6 Å². The summed E-state index contributed by atoms with van der Waals surface area (Å²) in [5.74, 6) is 1.18. The number of carbonyl (C=O) groups is 2. The number of amides is 2. The van der Waals surface area contributed by atoms with Crippen LogP contribution in [0.5, 0.6) is 5.75 Å². The summed E-state index contributed by atoms with van der Waals surface area (Å²) < 4.78 is 7.12. The fourth-order valence-electron chi connectivity index (χ4n) is 6.09. The average Bonchev–Trinajstić information content (AvgIpc) is 3.70. The van der Waals surface area contributed by atoms with Crippen LogP contribution in [0.3, 0.4) is 0 Å². The molecule has 8 heteroatoms. The fraction of sp³-hybridized carbons (Fsp3) is 0.303. The van der Waals surface area contributed by atoms with Crippen LogP contribution in [0.1, 0.15) is 63.1 Å². The number of likely N-dealkylation sites (tertiary alicyclic amines) is 2. The number of ether oxygens (including phenoxy) is 1. The first-order valence-corrected chi connectivity index (χ1v) is 14.5. The number of aromatic nitrogens is 2. The largest absolute Gasteiger partial charge is 0.497 e. The molecule has 0 aliphatic carbocycles. The lowest BCUT2D eigenvalue weighted by Gasteiger charge is -2.33. The Morgan fingerprint density at radius 1 is 0.805 bits per heavy atom. The molecule has 0 saturated carbocycles. The van der Waals surface area contributed by atoms with Gasteiger partial charge in [0.1, 0.15) is 5.75 Å². The van der Waals surface area contributed by atoms with E-state index in [9.17, 15) is 9.59 Å². The molecule has 2 aliphatic heterocycles. The third-order valence-corrected chi connectivity index (χ3v) is 8.61. The Hall–Kier alpha value is -4.10. The predicted octanol–water partition coefficient (Wildman–Crippen LogP) is 6.18. The Balaban J connectivity index is 1.24. The Kier molecular flexibility index (Phi) is 7.79. The standard InChI is InChI=1S/C33H33ClN4O3/c1-41-29-13-7-25(8-14-29)32(39)36-18-15-24(16-19-36)31-30(21-35-38(31)28-11-9-27(34)10-12-28)33(40)37-20-17-26(22-37)23-5-3-2-4-6-23/h2-14,21,24,26H,15-20,22H2,1H3. The molecular formula is C33H33ClN4O3. The topological polar surface area (TPSA) is 67.7 Å². The van der Waals surface area contributed by atoms with Crippen LogP contribution in [0, 0.1) is 0 Å². The molecule has 0 N–H and O–H groups in total. The second-order valence-electron chi connectivity index (χ2n) is 10.8. The van der Waals surface area contributed by atoms with Gasteiger partial charge < -0.3 is 14.5 Å². The Morgan fingerprint density at radius 2 is 1.46 bits per heavy atom. The van der Waals surface area contributed by atoms with Gasteiger partial charge in [0, 0.05) is 48.6 Å². The summed E-state index contributed by atoms with van der Waals surface area (Å²) in [6, 6.07) is 25.2. The highest BCUT2D eigenvalue weighted by Crippen LogP contribution is 2.35. The number of rotatable bonds is 6. The van der Waals surface area contributed by atoms with E-state index in [1.807, 2.05) is 56.9 Å². The van der Waals surface area contributed by atoms with Gasteiger partial charge in [-0.3, -0.25) is 9.59 Å². The van der Waals surface area contributed by atoms with Gasteiger partial charge >= 0.3 is 0 Å². The molecule has 0 radical (unpaired) electrons. The van der Waals surface area contributed by atoms with Gasteiger partial charge in [0.15, 0.2) is 0 Å². The van der Waals surface area contributed by atoms with Gasteiger partial charge in [-0.05, 0) is 73.4 Å². The molecular weight excluding hydrogens is 536 g/mol. The Bertz CT molecular complexity index is 1510. The highest BCUT2D eigenvalue weighted by molar-refractivity contribution is 6.30. The first-order chi connectivity index (χ1) is 20.0. The summed E-state index contributed by atoms with van der Waals surface area (Å²) in [6.07, 6.45) is 4.15. The normalized spacial score (nSPS) is 17.6. The smallest absolute Gasteiger partial charge is 0.257 e. The van der Waals surface area contributed by atoms with Gasteiger partial charge in [-0.2, -0.15) is 5.10 Å². The van der Waals surface area contributed by atoms with E-state index in [0.29, 0.717) is 41.7 Å². The van der Waals surface area contributed by atoms with Gasteiger partial charge in [-0.1, -0.05) is 41.9 Å². The summed E-state index contributed by atoms with van der Waals surface area (Å²) in [6.45, 7) is 2.63. The number of benzene rings is 3. The highest BCUT2D eigenvalue weighted by atomic mass is 35.5. The zero-order valence-electron chi connectivity index (χ0n) is 23.1. The minimum absolute atomic E-state index is 0.0117. The molecule has 2 fully saturated rings. The monoisotopic (exact) mass is 568 g/mol. The molecule has 1 atom stereocenters. The zero-order valence-corrected chi connectivity index (χ0v) is 23.8. The van der Waals surface area contributed by atoms with E-state index in [-0.39, 0.29) is 17.7 Å². The van der Waals surface area contributed by atoms with Gasteiger partial charge in [0.05, 0.1) is 30.3 Å². The summed E-state index contributed by atoms with van der Waals surface area (Å²) in [7, 11) is 1.61. The summed E-state index contributed by atoms with van der Waals surface area (Å²) in [5, 5.41) is 5.36. The van der Waals surface area contributed by atoms with Gasteiger partial charge in [-0.15, -0.1) is 0 Å². The first kappa shape index (κ1) is 27.1. The van der Waals surface area contributed by atoms with Crippen LogP contribution in [0.25, 0.3) is 5.69 Å². The van der Waals surface area contributed by atoms with E-state index < -0.39 is 0 Å². The van der Waals surface area contributed by atoms with Crippen molar-refractivity contribution < 1.29 is 14.3 Å². The van der Waals surface area contributed by atoms with Crippen LogP contribution < -0.4 is 4.74 Å². The number of hydrogen-bond donors (Lipinski definition) is 0. The molecule has 4 aromatic rings. The maximum absolute atomic E-state index is 14.0. The van der Waals surface area contributed by atoms with Crippen molar-refractivity contribution in [3.63, 3.8) is 0 Å². The fourth-order valence-corrected chi connectivity index (χ4v) is 6.21. The SMILES string of the molecule is COc1ccc(C(=O)N2CCC(c3c(C(=O)N4CCC(c5ccccc5)C4)cnn3-c3ccc(Cl)cc3)CC2)cc1. The molecule has 41 heavy (non-hydrogen) atoms. The van der Waals surface area contributed by atoms with Crippen LogP contribution in [0.4, 0.5) is 0 Å². The van der Waals surface area contributed by atoms with Crippen molar-refractivity contribution in [2.24, 2.45) is 0 Å². The van der Waals surface area contributed by atoms with E-state index in [1.54, 1.807) is 25.4 Å². The van der Waals surface area contributed by atoms with Crippen molar-refractivity contribution in [3.05, 3.63) is 112 Å². The molecule has 2 aliphatic rings. The van der Waals surface area contributed by atoms with Crippen LogP contribution in [-0.2, 0) is 0 Å². The number of hydrogen-bond acceptors (Lipinski definition) is 4. The number of nitrogens with zero attached hydrogens (tertiary/aromatic N) is 4. The van der Waals surface area contributed by atoms with Gasteiger partial charge in [0.25, 0.3) is 11.8 Å². The molecule has 2 amide bonds. The van der Waals surface area contributed by atoms with Crippen molar-refractivity contribution in [3.8, 4) is 11.4 Å².